The molecule has 0 bridgehead atoms. The van der Waals surface area contributed by atoms with Crippen LogP contribution in [-0.2, 0) is 14.8 Å². The maximum absolute atomic E-state index is 13.5. The molecule has 4 aromatic rings. The number of halogens is 1. The summed E-state index contributed by atoms with van der Waals surface area (Å²) in [4.78, 5) is 13.0. The Morgan fingerprint density at radius 3 is 2.34 bits per heavy atom. The van der Waals surface area contributed by atoms with Crippen molar-refractivity contribution in [1.82, 2.24) is 9.99 Å². The molecule has 9 heteroatoms. The number of anilines is 1. The minimum Gasteiger partial charge on any atom is -0.318 e. The van der Waals surface area contributed by atoms with E-state index in [9.17, 15) is 13.2 Å². The number of rotatable bonds is 8. The fourth-order valence-corrected chi connectivity index (χ4v) is 5.88. The van der Waals surface area contributed by atoms with E-state index in [4.69, 9.17) is 11.6 Å². The van der Waals surface area contributed by atoms with E-state index in [1.54, 1.807) is 43.5 Å². The number of hydrazone groups is 1. The Morgan fingerprint density at radius 1 is 0.974 bits per heavy atom. The quantitative estimate of drug-likeness (QED) is 0.226. The number of hydrogen-bond donors (Lipinski definition) is 1. The van der Waals surface area contributed by atoms with Crippen molar-refractivity contribution in [3.05, 3.63) is 112 Å². The van der Waals surface area contributed by atoms with Gasteiger partial charge in [-0.3, -0.25) is 9.10 Å². The molecule has 196 valence electrons. The van der Waals surface area contributed by atoms with Gasteiger partial charge in [0.25, 0.3) is 15.9 Å². The lowest BCUT2D eigenvalue weighted by Gasteiger charge is -2.25. The van der Waals surface area contributed by atoms with Crippen LogP contribution in [0.4, 0.5) is 5.69 Å². The van der Waals surface area contributed by atoms with Gasteiger partial charge in [-0.05, 0) is 75.7 Å². The second kappa shape index (κ2) is 11.2. The van der Waals surface area contributed by atoms with Crippen LogP contribution in [0.5, 0.6) is 0 Å². The first-order valence-electron chi connectivity index (χ1n) is 12.0. The van der Waals surface area contributed by atoms with Gasteiger partial charge in [0.1, 0.15) is 6.54 Å². The third-order valence-corrected chi connectivity index (χ3v) is 8.22. The van der Waals surface area contributed by atoms with Crippen molar-refractivity contribution in [2.45, 2.75) is 32.6 Å². The van der Waals surface area contributed by atoms with Gasteiger partial charge in [-0.25, -0.2) is 13.8 Å². The number of amides is 1. The highest BCUT2D eigenvalue weighted by Crippen LogP contribution is 2.29. The highest BCUT2D eigenvalue weighted by Gasteiger charge is 2.28. The minimum absolute atomic E-state index is 0.0687. The number of benzene rings is 3. The predicted molar refractivity (Wildman–Crippen MR) is 153 cm³/mol. The molecule has 0 saturated heterocycles. The first-order chi connectivity index (χ1) is 18.1. The van der Waals surface area contributed by atoms with Crippen LogP contribution in [0, 0.1) is 27.7 Å². The Balaban J connectivity index is 1.57. The second-order valence-corrected chi connectivity index (χ2v) is 11.3. The summed E-state index contributed by atoms with van der Waals surface area (Å²) in [5, 5.41) is 4.48. The number of carbonyl (C=O) groups is 1. The van der Waals surface area contributed by atoms with Gasteiger partial charge < -0.3 is 4.57 Å². The molecular formula is C29H29ClN4O3S. The van der Waals surface area contributed by atoms with Gasteiger partial charge in [0.05, 0.1) is 16.8 Å². The molecule has 0 spiro atoms. The van der Waals surface area contributed by atoms with Crippen LogP contribution >= 0.6 is 11.6 Å². The molecule has 7 nitrogen and oxygen atoms in total. The molecule has 0 aliphatic carbocycles. The number of hydrogen-bond acceptors (Lipinski definition) is 4. The molecule has 1 amide bonds. The van der Waals surface area contributed by atoms with Crippen LogP contribution in [-0.4, -0.2) is 31.7 Å². The predicted octanol–water partition coefficient (Wildman–Crippen LogP) is 5.71. The molecule has 0 aliphatic heterocycles. The van der Waals surface area contributed by atoms with E-state index in [-0.39, 0.29) is 4.90 Å². The Bertz CT molecular complexity index is 1600. The van der Waals surface area contributed by atoms with Crippen LogP contribution in [0.15, 0.2) is 88.9 Å². The molecule has 1 heterocycles. The van der Waals surface area contributed by atoms with Crippen molar-refractivity contribution in [3.8, 4) is 5.69 Å². The zero-order valence-electron chi connectivity index (χ0n) is 21.6. The van der Waals surface area contributed by atoms with Crippen LogP contribution in [0.3, 0.4) is 0 Å². The van der Waals surface area contributed by atoms with E-state index >= 15 is 0 Å². The lowest BCUT2D eigenvalue weighted by Crippen LogP contribution is -2.40. The summed E-state index contributed by atoms with van der Waals surface area (Å²) in [5.74, 6) is -0.590. The summed E-state index contributed by atoms with van der Waals surface area (Å²) >= 11 is 6.18. The number of sulfonamides is 1. The van der Waals surface area contributed by atoms with Crippen LogP contribution < -0.4 is 9.73 Å². The molecule has 38 heavy (non-hydrogen) atoms. The number of aromatic nitrogens is 1. The molecule has 4 rings (SSSR count). The topological polar surface area (TPSA) is 83.8 Å². The number of aryl methyl sites for hydroxylation is 3. The van der Waals surface area contributed by atoms with Crippen molar-refractivity contribution < 1.29 is 13.2 Å². The summed E-state index contributed by atoms with van der Waals surface area (Å²) in [6, 6.07) is 23.1. The third kappa shape index (κ3) is 5.82. The summed E-state index contributed by atoms with van der Waals surface area (Å²) < 4.78 is 30.2. The van der Waals surface area contributed by atoms with E-state index in [1.165, 1.54) is 23.8 Å². The molecule has 0 fully saturated rings. The standard InChI is InChI=1S/C29H29ClN4O3S/c1-20-10-14-26(15-11-20)34-22(3)16-24(23(34)4)18-31-32-29(35)19-33(28-17-25(30)13-12-21(28)2)38(36,37)27-8-6-5-7-9-27/h5-18H,19H2,1-4H3,(H,32,35)/b31-18+. The van der Waals surface area contributed by atoms with Crippen molar-refractivity contribution in [1.29, 1.82) is 0 Å². The first kappa shape index (κ1) is 27.2. The SMILES string of the molecule is Cc1ccc(-n2c(C)cc(/C=N/NC(=O)CN(c3cc(Cl)ccc3C)S(=O)(=O)c3ccccc3)c2C)cc1. The van der Waals surface area contributed by atoms with Gasteiger partial charge in [-0.2, -0.15) is 5.10 Å². The van der Waals surface area contributed by atoms with Crippen molar-refractivity contribution in [2.75, 3.05) is 10.8 Å². The van der Waals surface area contributed by atoms with Gasteiger partial charge in [0.15, 0.2) is 0 Å². The Kier molecular flexibility index (Phi) is 8.04. The molecule has 0 unspecified atom stereocenters. The van der Waals surface area contributed by atoms with Crippen molar-refractivity contribution in [3.63, 3.8) is 0 Å². The van der Waals surface area contributed by atoms with Gasteiger partial charge in [0, 0.05) is 27.7 Å². The Morgan fingerprint density at radius 2 is 1.66 bits per heavy atom. The van der Waals surface area contributed by atoms with E-state index < -0.39 is 22.5 Å². The third-order valence-electron chi connectivity index (χ3n) is 6.21. The highest BCUT2D eigenvalue weighted by molar-refractivity contribution is 7.92. The monoisotopic (exact) mass is 548 g/mol. The van der Waals surface area contributed by atoms with E-state index in [0.29, 0.717) is 16.3 Å². The van der Waals surface area contributed by atoms with Crippen molar-refractivity contribution >= 4 is 39.4 Å². The van der Waals surface area contributed by atoms with Gasteiger partial charge >= 0.3 is 0 Å². The average Bonchev–Trinajstić information content (AvgIpc) is 3.17. The maximum Gasteiger partial charge on any atom is 0.264 e. The molecule has 1 N–H and O–H groups in total. The van der Waals surface area contributed by atoms with Crippen LogP contribution in [0.2, 0.25) is 5.02 Å². The second-order valence-electron chi connectivity index (χ2n) is 9.05. The van der Waals surface area contributed by atoms with Crippen LogP contribution in [0.1, 0.15) is 28.1 Å². The largest absolute Gasteiger partial charge is 0.318 e. The smallest absolute Gasteiger partial charge is 0.264 e. The number of nitrogens with zero attached hydrogens (tertiary/aromatic N) is 3. The average molecular weight is 549 g/mol. The highest BCUT2D eigenvalue weighted by atomic mass is 35.5. The first-order valence-corrected chi connectivity index (χ1v) is 13.8. The normalized spacial score (nSPS) is 11.6. The zero-order valence-corrected chi connectivity index (χ0v) is 23.2. The van der Waals surface area contributed by atoms with E-state index in [2.05, 4.69) is 39.4 Å². The molecule has 0 saturated carbocycles. The Labute approximate surface area is 228 Å². The lowest BCUT2D eigenvalue weighted by molar-refractivity contribution is -0.119. The molecule has 0 atom stereocenters. The van der Waals surface area contributed by atoms with Crippen LogP contribution in [0.25, 0.3) is 5.69 Å². The van der Waals surface area contributed by atoms with Gasteiger partial charge in [0.2, 0.25) is 0 Å². The summed E-state index contributed by atoms with van der Waals surface area (Å²) in [5.41, 5.74) is 8.49. The Hall–Kier alpha value is -3.88. The molecule has 0 radical (unpaired) electrons. The zero-order chi connectivity index (χ0) is 27.4. The molecule has 1 aromatic heterocycles. The summed E-state index contributed by atoms with van der Waals surface area (Å²) in [6.07, 6.45) is 1.56. The molecule has 0 aliphatic rings. The summed E-state index contributed by atoms with van der Waals surface area (Å²) in [7, 11) is -4.05. The fourth-order valence-electron chi connectivity index (χ4n) is 4.22. The minimum atomic E-state index is -4.05. The van der Waals surface area contributed by atoms with E-state index in [0.717, 1.165) is 26.9 Å². The van der Waals surface area contributed by atoms with Gasteiger partial charge in [-0.1, -0.05) is 53.6 Å². The summed E-state index contributed by atoms with van der Waals surface area (Å²) in [6.45, 7) is 7.31. The molecule has 3 aromatic carbocycles. The van der Waals surface area contributed by atoms with Gasteiger partial charge in [-0.15, -0.1) is 0 Å². The number of carbonyl (C=O) groups excluding carboxylic acids is 1. The number of nitrogens with one attached hydrogen (secondary N) is 1. The lowest BCUT2D eigenvalue weighted by atomic mass is 10.2. The molecular weight excluding hydrogens is 520 g/mol. The maximum atomic E-state index is 13.5. The van der Waals surface area contributed by atoms with E-state index in [1.807, 2.05) is 26.8 Å². The van der Waals surface area contributed by atoms with Crippen molar-refractivity contribution in [2.24, 2.45) is 5.10 Å². The fraction of sp³-hybridized carbons (Fsp3) is 0.172.